The number of hydrogen-bond donors (Lipinski definition) is 0. The number of aromatic nitrogens is 1. The third kappa shape index (κ3) is 3.45. The van der Waals surface area contributed by atoms with Crippen LogP contribution in [0.5, 0.6) is 0 Å². The van der Waals surface area contributed by atoms with E-state index in [4.69, 9.17) is 5.26 Å². The van der Waals surface area contributed by atoms with E-state index in [1.54, 1.807) is 25.3 Å². The summed E-state index contributed by atoms with van der Waals surface area (Å²) in [6, 6.07) is 5.38. The zero-order valence-corrected chi connectivity index (χ0v) is 10.2. The number of carbonyl (C=O) groups excluding carboxylic acids is 1. The normalized spacial score (nSPS) is 11.4. The quantitative estimate of drug-likeness (QED) is 0.731. The minimum absolute atomic E-state index is 0.238. The largest absolute Gasteiger partial charge is 0.469 e. The van der Waals surface area contributed by atoms with Gasteiger partial charge in [-0.05, 0) is 12.1 Å². The predicted molar refractivity (Wildman–Crippen MR) is 63.4 cm³/mol. The molecule has 0 amide bonds. The maximum absolute atomic E-state index is 11.3. The second kappa shape index (κ2) is 5.85. The summed E-state index contributed by atoms with van der Waals surface area (Å²) in [6.45, 7) is 2.28. The van der Waals surface area contributed by atoms with Crippen LogP contribution in [0.15, 0.2) is 18.3 Å². The molecular formula is C12H15N3O2. The first-order chi connectivity index (χ1) is 8.08. The first-order valence-electron chi connectivity index (χ1n) is 5.23. The molecule has 0 unspecified atom stereocenters. The van der Waals surface area contributed by atoms with Crippen LogP contribution in [0.1, 0.15) is 12.5 Å². The number of rotatable bonds is 4. The minimum atomic E-state index is -0.256. The van der Waals surface area contributed by atoms with Crippen molar-refractivity contribution in [3.8, 4) is 6.07 Å². The number of ether oxygens (including phenoxy) is 1. The predicted octanol–water partition coefficient (Wildman–Crippen LogP) is 1.20. The van der Waals surface area contributed by atoms with Gasteiger partial charge in [0.15, 0.2) is 0 Å². The molecule has 17 heavy (non-hydrogen) atoms. The van der Waals surface area contributed by atoms with Gasteiger partial charge in [-0.1, -0.05) is 6.92 Å². The Bertz CT molecular complexity index is 440. The molecule has 0 saturated carbocycles. The van der Waals surface area contributed by atoms with Gasteiger partial charge in [-0.3, -0.25) is 4.79 Å². The molecule has 0 radical (unpaired) electrons. The Labute approximate surface area is 101 Å². The van der Waals surface area contributed by atoms with Gasteiger partial charge in [0.25, 0.3) is 0 Å². The molecule has 0 aromatic carbocycles. The first kappa shape index (κ1) is 13.0. The Balaban J connectivity index is 2.73. The summed E-state index contributed by atoms with van der Waals surface area (Å²) in [5, 5.41) is 8.78. The Hall–Kier alpha value is -2.09. The number of nitriles is 1. The van der Waals surface area contributed by atoms with E-state index in [0.717, 1.165) is 0 Å². The van der Waals surface area contributed by atoms with Gasteiger partial charge in [-0.2, -0.15) is 5.26 Å². The summed E-state index contributed by atoms with van der Waals surface area (Å²) in [4.78, 5) is 17.3. The summed E-state index contributed by atoms with van der Waals surface area (Å²) in [5.41, 5.74) is 0.549. The molecule has 0 N–H and O–H groups in total. The molecule has 90 valence electrons. The standard InChI is InChI=1S/C12H15N3O2/c1-9(12(16)17-3)8-15(2)11-6-10(7-13)4-5-14-11/h4-6,9H,8H2,1-3H3/t9-/m0/s1. The van der Waals surface area contributed by atoms with Gasteiger partial charge in [-0.15, -0.1) is 0 Å². The average molecular weight is 233 g/mol. The molecule has 0 spiro atoms. The van der Waals surface area contributed by atoms with Crippen LogP contribution in [-0.4, -0.2) is 31.7 Å². The summed E-state index contributed by atoms with van der Waals surface area (Å²) in [6.07, 6.45) is 1.58. The van der Waals surface area contributed by atoms with Crippen molar-refractivity contribution < 1.29 is 9.53 Å². The van der Waals surface area contributed by atoms with E-state index in [1.807, 2.05) is 11.9 Å². The van der Waals surface area contributed by atoms with Gasteiger partial charge < -0.3 is 9.64 Å². The highest BCUT2D eigenvalue weighted by atomic mass is 16.5. The molecule has 5 heteroatoms. The van der Waals surface area contributed by atoms with Crippen LogP contribution in [0.2, 0.25) is 0 Å². The highest BCUT2D eigenvalue weighted by molar-refractivity contribution is 5.72. The SMILES string of the molecule is COC(=O)[C@@H](C)CN(C)c1cc(C#N)ccn1. The van der Waals surface area contributed by atoms with Crippen LogP contribution < -0.4 is 4.90 Å². The fourth-order valence-electron chi connectivity index (χ4n) is 1.48. The lowest BCUT2D eigenvalue weighted by Gasteiger charge is -2.21. The molecule has 1 aromatic heterocycles. The average Bonchev–Trinajstić information content (AvgIpc) is 2.37. The Morgan fingerprint density at radius 3 is 3.00 bits per heavy atom. The first-order valence-corrected chi connectivity index (χ1v) is 5.23. The summed E-state index contributed by atoms with van der Waals surface area (Å²) in [7, 11) is 3.19. The molecule has 0 aliphatic rings. The molecule has 1 aromatic rings. The van der Waals surface area contributed by atoms with Crippen LogP contribution in [0, 0.1) is 17.2 Å². The lowest BCUT2D eigenvalue weighted by atomic mass is 10.1. The van der Waals surface area contributed by atoms with Gasteiger partial charge in [0.05, 0.1) is 24.7 Å². The minimum Gasteiger partial charge on any atom is -0.469 e. The second-order valence-electron chi connectivity index (χ2n) is 3.82. The lowest BCUT2D eigenvalue weighted by Crippen LogP contribution is -2.29. The van der Waals surface area contributed by atoms with E-state index in [-0.39, 0.29) is 11.9 Å². The maximum atomic E-state index is 11.3. The van der Waals surface area contributed by atoms with Crippen LogP contribution in [0.25, 0.3) is 0 Å². The summed E-state index contributed by atoms with van der Waals surface area (Å²) >= 11 is 0. The molecule has 1 atom stereocenters. The van der Waals surface area contributed by atoms with Crippen LogP contribution >= 0.6 is 0 Å². The monoisotopic (exact) mass is 233 g/mol. The van der Waals surface area contributed by atoms with Gasteiger partial charge in [0.2, 0.25) is 0 Å². The van der Waals surface area contributed by atoms with E-state index < -0.39 is 0 Å². The van der Waals surface area contributed by atoms with Crippen LogP contribution in [0.4, 0.5) is 5.82 Å². The summed E-state index contributed by atoms with van der Waals surface area (Å²) < 4.78 is 4.66. The molecular weight excluding hydrogens is 218 g/mol. The van der Waals surface area contributed by atoms with Crippen molar-refractivity contribution in [1.29, 1.82) is 5.26 Å². The van der Waals surface area contributed by atoms with Gasteiger partial charge in [-0.25, -0.2) is 4.98 Å². The molecule has 1 heterocycles. The zero-order valence-electron chi connectivity index (χ0n) is 10.2. The van der Waals surface area contributed by atoms with Crippen molar-refractivity contribution in [3.05, 3.63) is 23.9 Å². The van der Waals surface area contributed by atoms with E-state index in [1.165, 1.54) is 7.11 Å². The van der Waals surface area contributed by atoms with Gasteiger partial charge in [0.1, 0.15) is 5.82 Å². The van der Waals surface area contributed by atoms with Gasteiger partial charge in [0, 0.05) is 19.8 Å². The molecule has 0 aliphatic heterocycles. The van der Waals surface area contributed by atoms with Crippen molar-refractivity contribution >= 4 is 11.8 Å². The third-order valence-corrected chi connectivity index (χ3v) is 2.42. The van der Waals surface area contributed by atoms with Crippen LogP contribution in [0.3, 0.4) is 0 Å². The number of pyridine rings is 1. The number of esters is 1. The van der Waals surface area contributed by atoms with Crippen LogP contribution in [-0.2, 0) is 9.53 Å². The highest BCUT2D eigenvalue weighted by Crippen LogP contribution is 2.12. The van der Waals surface area contributed by atoms with Gasteiger partial charge >= 0.3 is 5.97 Å². The molecule has 1 rings (SSSR count). The maximum Gasteiger partial charge on any atom is 0.310 e. The van der Waals surface area contributed by atoms with Crippen molar-refractivity contribution in [2.45, 2.75) is 6.92 Å². The van der Waals surface area contributed by atoms with Crippen molar-refractivity contribution in [2.75, 3.05) is 25.6 Å². The lowest BCUT2D eigenvalue weighted by molar-refractivity contribution is -0.144. The fourth-order valence-corrected chi connectivity index (χ4v) is 1.48. The molecule has 0 aliphatic carbocycles. The number of carbonyl (C=O) groups is 1. The fraction of sp³-hybridized carbons (Fsp3) is 0.417. The molecule has 5 nitrogen and oxygen atoms in total. The van der Waals surface area contributed by atoms with E-state index in [2.05, 4.69) is 15.8 Å². The third-order valence-electron chi connectivity index (χ3n) is 2.42. The Morgan fingerprint density at radius 1 is 1.71 bits per heavy atom. The molecule has 0 saturated heterocycles. The highest BCUT2D eigenvalue weighted by Gasteiger charge is 2.16. The van der Waals surface area contributed by atoms with Crippen molar-refractivity contribution in [2.24, 2.45) is 5.92 Å². The van der Waals surface area contributed by atoms with E-state index in [9.17, 15) is 4.79 Å². The molecule has 0 bridgehead atoms. The second-order valence-corrected chi connectivity index (χ2v) is 3.82. The number of hydrogen-bond acceptors (Lipinski definition) is 5. The van der Waals surface area contributed by atoms with Crippen molar-refractivity contribution in [1.82, 2.24) is 4.98 Å². The van der Waals surface area contributed by atoms with E-state index >= 15 is 0 Å². The smallest absolute Gasteiger partial charge is 0.310 e. The number of anilines is 1. The van der Waals surface area contributed by atoms with Crippen molar-refractivity contribution in [3.63, 3.8) is 0 Å². The molecule has 0 fully saturated rings. The number of methoxy groups -OCH3 is 1. The Kier molecular flexibility index (Phi) is 4.46. The Morgan fingerprint density at radius 2 is 2.41 bits per heavy atom. The van der Waals surface area contributed by atoms with E-state index in [0.29, 0.717) is 17.9 Å². The summed E-state index contributed by atoms with van der Waals surface area (Å²) in [5.74, 6) is 0.172. The zero-order chi connectivity index (χ0) is 12.8. The number of nitrogens with zero attached hydrogens (tertiary/aromatic N) is 3. The topological polar surface area (TPSA) is 66.2 Å².